The van der Waals surface area contributed by atoms with Gasteiger partial charge in [0.05, 0.1) is 17.5 Å². The standard InChI is InChI=1S/C21H19F3N4O2S/c1-12-10-28(11-13-4-5-17(23)18(24)6-13)21-15(12)7-14(22)8-16(21)19-9-20(27(2)25-19)26-31(3,29)30/h4-10,26H,11H2,1-3H3. The van der Waals surface area contributed by atoms with Crippen molar-refractivity contribution in [1.82, 2.24) is 14.3 Å². The van der Waals surface area contributed by atoms with Crippen LogP contribution in [0.3, 0.4) is 0 Å². The van der Waals surface area contributed by atoms with E-state index in [1.165, 1.54) is 28.9 Å². The van der Waals surface area contributed by atoms with Crippen LogP contribution in [0.4, 0.5) is 19.0 Å². The van der Waals surface area contributed by atoms with Crippen molar-refractivity contribution in [1.29, 1.82) is 0 Å². The van der Waals surface area contributed by atoms with Gasteiger partial charge in [-0.2, -0.15) is 5.10 Å². The Kier molecular flexibility index (Phi) is 5.04. The molecule has 4 aromatic rings. The lowest BCUT2D eigenvalue weighted by atomic mass is 10.1. The molecule has 0 saturated carbocycles. The molecule has 1 N–H and O–H groups in total. The van der Waals surface area contributed by atoms with Crippen LogP contribution in [-0.2, 0) is 23.6 Å². The van der Waals surface area contributed by atoms with Gasteiger partial charge in [0.25, 0.3) is 0 Å². The summed E-state index contributed by atoms with van der Waals surface area (Å²) < 4.78 is 70.1. The highest BCUT2D eigenvalue weighted by atomic mass is 32.2. The highest BCUT2D eigenvalue weighted by Crippen LogP contribution is 2.34. The Bertz CT molecular complexity index is 1420. The van der Waals surface area contributed by atoms with Gasteiger partial charge < -0.3 is 4.57 Å². The van der Waals surface area contributed by atoms with Gasteiger partial charge in [-0.3, -0.25) is 9.40 Å². The minimum absolute atomic E-state index is 0.224. The topological polar surface area (TPSA) is 68.9 Å². The number of nitrogens with zero attached hydrogens (tertiary/aromatic N) is 3. The summed E-state index contributed by atoms with van der Waals surface area (Å²) in [5.41, 5.74) is 2.79. The van der Waals surface area contributed by atoms with Crippen LogP contribution in [0.15, 0.2) is 42.6 Å². The van der Waals surface area contributed by atoms with E-state index in [-0.39, 0.29) is 12.4 Å². The molecule has 0 aliphatic heterocycles. The van der Waals surface area contributed by atoms with Gasteiger partial charge in [0.1, 0.15) is 11.6 Å². The average Bonchev–Trinajstić information content (AvgIpc) is 3.16. The maximum atomic E-state index is 14.4. The van der Waals surface area contributed by atoms with Crippen LogP contribution in [0.25, 0.3) is 22.2 Å². The third-order valence-corrected chi connectivity index (χ3v) is 5.50. The molecule has 0 spiro atoms. The fourth-order valence-corrected chi connectivity index (χ4v) is 4.19. The van der Waals surface area contributed by atoms with Crippen molar-refractivity contribution in [3.8, 4) is 11.3 Å². The molecule has 31 heavy (non-hydrogen) atoms. The molecule has 0 radical (unpaired) electrons. The summed E-state index contributed by atoms with van der Waals surface area (Å²) in [6.45, 7) is 2.05. The summed E-state index contributed by atoms with van der Waals surface area (Å²) in [7, 11) is -1.96. The molecule has 2 heterocycles. The average molecular weight is 448 g/mol. The molecular weight excluding hydrogens is 429 g/mol. The minimum Gasteiger partial charge on any atom is -0.342 e. The van der Waals surface area contributed by atoms with Crippen LogP contribution in [0, 0.1) is 24.4 Å². The maximum absolute atomic E-state index is 14.4. The molecule has 2 aromatic heterocycles. The highest BCUT2D eigenvalue weighted by Gasteiger charge is 2.18. The molecule has 0 saturated heterocycles. The molecule has 0 bridgehead atoms. The van der Waals surface area contributed by atoms with E-state index in [0.717, 1.165) is 24.0 Å². The number of anilines is 1. The van der Waals surface area contributed by atoms with Gasteiger partial charge in [0, 0.05) is 36.8 Å². The fourth-order valence-electron chi connectivity index (χ4n) is 3.62. The lowest BCUT2D eigenvalue weighted by Gasteiger charge is -2.10. The van der Waals surface area contributed by atoms with Gasteiger partial charge in [0.15, 0.2) is 11.6 Å². The predicted octanol–water partition coefficient (Wildman–Crippen LogP) is 4.19. The van der Waals surface area contributed by atoms with Crippen molar-refractivity contribution < 1.29 is 21.6 Å². The van der Waals surface area contributed by atoms with Crippen LogP contribution in [-0.4, -0.2) is 29.0 Å². The van der Waals surface area contributed by atoms with E-state index in [4.69, 9.17) is 0 Å². The zero-order chi connectivity index (χ0) is 22.5. The molecule has 2 aromatic carbocycles. The number of hydrogen-bond donors (Lipinski definition) is 1. The van der Waals surface area contributed by atoms with Gasteiger partial charge in [-0.25, -0.2) is 21.6 Å². The smallest absolute Gasteiger partial charge is 0.230 e. The van der Waals surface area contributed by atoms with Crippen LogP contribution in [0.5, 0.6) is 0 Å². The van der Waals surface area contributed by atoms with Gasteiger partial charge in [-0.1, -0.05) is 6.07 Å². The number of aryl methyl sites for hydroxylation is 2. The number of fused-ring (bicyclic) bond motifs is 1. The molecular formula is C21H19F3N4O2S. The molecule has 0 aliphatic rings. The Morgan fingerprint density at radius 2 is 1.81 bits per heavy atom. The lowest BCUT2D eigenvalue weighted by molar-refractivity contribution is 0.506. The summed E-state index contributed by atoms with van der Waals surface area (Å²) in [5, 5.41) is 4.98. The second-order valence-electron chi connectivity index (χ2n) is 7.45. The number of hydrogen-bond acceptors (Lipinski definition) is 3. The fraction of sp³-hybridized carbons (Fsp3) is 0.190. The molecule has 6 nitrogen and oxygen atoms in total. The Labute approximate surface area is 177 Å². The number of sulfonamides is 1. The second kappa shape index (κ2) is 7.45. The Morgan fingerprint density at radius 3 is 2.48 bits per heavy atom. The molecule has 0 fully saturated rings. The van der Waals surface area contributed by atoms with Crippen molar-refractivity contribution >= 4 is 26.7 Å². The Balaban J connectivity index is 1.88. The van der Waals surface area contributed by atoms with Crippen molar-refractivity contribution in [3.63, 3.8) is 0 Å². The van der Waals surface area contributed by atoms with Crippen LogP contribution in [0.1, 0.15) is 11.1 Å². The molecule has 0 atom stereocenters. The van der Waals surface area contributed by atoms with Crippen molar-refractivity contribution in [2.75, 3.05) is 11.0 Å². The number of rotatable bonds is 5. The van der Waals surface area contributed by atoms with Crippen molar-refractivity contribution in [2.45, 2.75) is 13.5 Å². The van der Waals surface area contributed by atoms with Crippen LogP contribution in [0.2, 0.25) is 0 Å². The van der Waals surface area contributed by atoms with E-state index in [9.17, 15) is 21.6 Å². The van der Waals surface area contributed by atoms with Gasteiger partial charge in [0.2, 0.25) is 10.0 Å². The number of aromatic nitrogens is 3. The first-order valence-corrected chi connectivity index (χ1v) is 11.2. The SMILES string of the molecule is Cc1cn(Cc2ccc(F)c(F)c2)c2c(-c3cc(NS(C)(=O)=O)n(C)n3)cc(F)cc12. The minimum atomic E-state index is -3.53. The monoisotopic (exact) mass is 448 g/mol. The van der Waals surface area contributed by atoms with Crippen molar-refractivity contribution in [3.05, 3.63) is 71.2 Å². The first-order chi connectivity index (χ1) is 14.5. The summed E-state index contributed by atoms with van der Waals surface area (Å²) in [6, 6.07) is 7.89. The zero-order valence-corrected chi connectivity index (χ0v) is 17.8. The summed E-state index contributed by atoms with van der Waals surface area (Å²) >= 11 is 0. The summed E-state index contributed by atoms with van der Waals surface area (Å²) in [4.78, 5) is 0. The molecule has 4 rings (SSSR count). The number of nitrogens with one attached hydrogen (secondary N) is 1. The lowest BCUT2D eigenvalue weighted by Crippen LogP contribution is -2.12. The van der Waals surface area contributed by atoms with E-state index in [1.54, 1.807) is 13.2 Å². The molecule has 10 heteroatoms. The van der Waals surface area contributed by atoms with Crippen molar-refractivity contribution in [2.24, 2.45) is 7.05 Å². The van der Waals surface area contributed by atoms with Gasteiger partial charge in [-0.05, 0) is 42.3 Å². The normalized spacial score (nSPS) is 11.9. The third kappa shape index (κ3) is 4.15. The number of halogens is 3. The third-order valence-electron chi connectivity index (χ3n) is 4.92. The van der Waals surface area contributed by atoms with E-state index in [1.807, 2.05) is 11.5 Å². The predicted molar refractivity (Wildman–Crippen MR) is 113 cm³/mol. The van der Waals surface area contributed by atoms with Crippen LogP contribution < -0.4 is 4.72 Å². The van der Waals surface area contributed by atoms with E-state index < -0.39 is 27.5 Å². The molecule has 162 valence electrons. The van der Waals surface area contributed by atoms with Gasteiger partial charge in [-0.15, -0.1) is 0 Å². The van der Waals surface area contributed by atoms with Gasteiger partial charge >= 0.3 is 0 Å². The highest BCUT2D eigenvalue weighted by molar-refractivity contribution is 7.92. The van der Waals surface area contributed by atoms with E-state index >= 15 is 0 Å². The second-order valence-corrected chi connectivity index (χ2v) is 9.20. The first-order valence-electron chi connectivity index (χ1n) is 9.27. The molecule has 0 amide bonds. The maximum Gasteiger partial charge on any atom is 0.230 e. The molecule has 0 aliphatic carbocycles. The number of benzene rings is 2. The quantitative estimate of drug-likeness (QED) is 0.498. The van der Waals surface area contributed by atoms with Crippen LogP contribution >= 0.6 is 0 Å². The van der Waals surface area contributed by atoms with E-state index in [2.05, 4.69) is 9.82 Å². The summed E-state index contributed by atoms with van der Waals surface area (Å²) in [6.07, 6.45) is 2.82. The first kappa shape index (κ1) is 21.0. The molecule has 0 unspecified atom stereocenters. The summed E-state index contributed by atoms with van der Waals surface area (Å²) in [5.74, 6) is -2.12. The Hall–Kier alpha value is -3.27. The Morgan fingerprint density at radius 1 is 1.06 bits per heavy atom. The largest absolute Gasteiger partial charge is 0.342 e. The zero-order valence-electron chi connectivity index (χ0n) is 16.9. The van der Waals surface area contributed by atoms with E-state index in [0.29, 0.717) is 27.7 Å².